The molecule has 0 spiro atoms. The van der Waals surface area contributed by atoms with Crippen LogP contribution in [0, 0.1) is 3.57 Å². The molecule has 0 saturated heterocycles. The fraction of sp³-hybridized carbons (Fsp3) is 0.467. The van der Waals surface area contributed by atoms with Crippen molar-refractivity contribution in [1.82, 2.24) is 5.43 Å². The Bertz CT molecular complexity index is 401. The highest BCUT2D eigenvalue weighted by Crippen LogP contribution is 2.05. The predicted octanol–water partition coefficient (Wildman–Crippen LogP) is 4.10. The van der Waals surface area contributed by atoms with Gasteiger partial charge in [-0.25, -0.2) is 5.43 Å². The number of carbonyl (C=O) groups excluding carboxylic acids is 1. The minimum atomic E-state index is -0.00161. The number of hydrogen-bond acceptors (Lipinski definition) is 2. The van der Waals surface area contributed by atoms with Gasteiger partial charge in [0.15, 0.2) is 0 Å². The van der Waals surface area contributed by atoms with Gasteiger partial charge in [0.2, 0.25) is 5.91 Å². The number of hydrogen-bond donors (Lipinski definition) is 1. The highest BCUT2D eigenvalue weighted by molar-refractivity contribution is 14.1. The zero-order valence-electron chi connectivity index (χ0n) is 11.4. The summed E-state index contributed by atoms with van der Waals surface area (Å²) in [5.41, 5.74) is 3.55. The third-order valence-electron chi connectivity index (χ3n) is 2.78. The maximum absolute atomic E-state index is 11.5. The normalized spacial score (nSPS) is 10.8. The van der Waals surface area contributed by atoms with Crippen LogP contribution in [0.15, 0.2) is 29.4 Å². The lowest BCUT2D eigenvalue weighted by molar-refractivity contribution is -0.121. The molecular formula is C15H21IN2O. The molecule has 0 heterocycles. The zero-order chi connectivity index (χ0) is 13.9. The smallest absolute Gasteiger partial charge is 0.240 e. The summed E-state index contributed by atoms with van der Waals surface area (Å²) in [4.78, 5) is 11.5. The average molecular weight is 372 g/mol. The van der Waals surface area contributed by atoms with Crippen molar-refractivity contribution in [3.8, 4) is 0 Å². The molecule has 0 aliphatic rings. The van der Waals surface area contributed by atoms with Crippen molar-refractivity contribution in [1.29, 1.82) is 0 Å². The second-order valence-corrected chi connectivity index (χ2v) is 5.75. The van der Waals surface area contributed by atoms with E-state index in [0.29, 0.717) is 6.42 Å². The minimum Gasteiger partial charge on any atom is -0.273 e. The summed E-state index contributed by atoms with van der Waals surface area (Å²) in [5, 5.41) is 3.96. The van der Waals surface area contributed by atoms with Gasteiger partial charge >= 0.3 is 0 Å². The predicted molar refractivity (Wildman–Crippen MR) is 88.3 cm³/mol. The van der Waals surface area contributed by atoms with Crippen molar-refractivity contribution in [2.75, 3.05) is 0 Å². The Hall–Kier alpha value is -0.910. The second-order valence-electron chi connectivity index (χ2n) is 4.51. The van der Waals surface area contributed by atoms with E-state index in [1.165, 1.54) is 22.8 Å². The Morgan fingerprint density at radius 1 is 1.21 bits per heavy atom. The van der Waals surface area contributed by atoms with Gasteiger partial charge < -0.3 is 0 Å². The van der Waals surface area contributed by atoms with E-state index in [1.54, 1.807) is 6.21 Å². The molecule has 0 radical (unpaired) electrons. The standard InChI is InChI=1S/C15H21IN2O/c1-2-3-4-5-6-7-15(19)18-17-12-13-8-10-14(16)11-9-13/h8-12H,2-7H2,1H3,(H,18,19)/b17-12-. The highest BCUT2D eigenvalue weighted by Gasteiger charge is 1.98. The van der Waals surface area contributed by atoms with Crippen molar-refractivity contribution in [2.24, 2.45) is 5.10 Å². The van der Waals surface area contributed by atoms with Crippen LogP contribution < -0.4 is 5.43 Å². The van der Waals surface area contributed by atoms with Gasteiger partial charge in [-0.3, -0.25) is 4.79 Å². The summed E-state index contributed by atoms with van der Waals surface area (Å²) >= 11 is 2.26. The molecule has 0 atom stereocenters. The molecule has 1 amide bonds. The number of nitrogens with zero attached hydrogens (tertiary/aromatic N) is 1. The van der Waals surface area contributed by atoms with Crippen LogP contribution in [0.3, 0.4) is 0 Å². The molecule has 104 valence electrons. The molecule has 1 N–H and O–H groups in total. The number of hydrazone groups is 1. The highest BCUT2D eigenvalue weighted by atomic mass is 127. The van der Waals surface area contributed by atoms with E-state index in [0.717, 1.165) is 18.4 Å². The summed E-state index contributed by atoms with van der Waals surface area (Å²) in [5.74, 6) is -0.00161. The number of benzene rings is 1. The number of carbonyl (C=O) groups is 1. The van der Waals surface area contributed by atoms with Crippen molar-refractivity contribution in [2.45, 2.75) is 45.4 Å². The van der Waals surface area contributed by atoms with Crippen LogP contribution in [0.1, 0.15) is 51.0 Å². The largest absolute Gasteiger partial charge is 0.273 e. The van der Waals surface area contributed by atoms with Crippen LogP contribution in [0.2, 0.25) is 0 Å². The first-order valence-corrected chi connectivity index (χ1v) is 7.87. The summed E-state index contributed by atoms with van der Waals surface area (Å²) < 4.78 is 1.19. The van der Waals surface area contributed by atoms with Crippen LogP contribution >= 0.6 is 22.6 Å². The second kappa shape index (κ2) is 9.95. The van der Waals surface area contributed by atoms with Gasteiger partial charge in [0.05, 0.1) is 6.21 Å². The van der Waals surface area contributed by atoms with Gasteiger partial charge in [0.1, 0.15) is 0 Å². The molecule has 0 aliphatic heterocycles. The van der Waals surface area contributed by atoms with E-state index in [4.69, 9.17) is 0 Å². The molecule has 4 heteroatoms. The molecule has 0 fully saturated rings. The van der Waals surface area contributed by atoms with Gasteiger partial charge in [0.25, 0.3) is 0 Å². The van der Waals surface area contributed by atoms with Crippen LogP contribution in [0.5, 0.6) is 0 Å². The topological polar surface area (TPSA) is 41.5 Å². The molecule has 0 saturated carbocycles. The number of amides is 1. The maximum atomic E-state index is 11.5. The monoisotopic (exact) mass is 372 g/mol. The quantitative estimate of drug-likeness (QED) is 0.317. The molecule has 0 bridgehead atoms. The third-order valence-corrected chi connectivity index (χ3v) is 3.50. The van der Waals surface area contributed by atoms with E-state index in [2.05, 4.69) is 40.0 Å². The van der Waals surface area contributed by atoms with Gasteiger partial charge in [-0.05, 0) is 46.7 Å². The molecule has 1 aromatic carbocycles. The Balaban J connectivity index is 2.17. The molecule has 0 unspecified atom stereocenters. The van der Waals surface area contributed by atoms with Crippen molar-refractivity contribution < 1.29 is 4.79 Å². The van der Waals surface area contributed by atoms with Gasteiger partial charge in [-0.1, -0.05) is 44.7 Å². The maximum Gasteiger partial charge on any atom is 0.240 e. The minimum absolute atomic E-state index is 0.00161. The summed E-state index contributed by atoms with van der Waals surface area (Å²) in [7, 11) is 0. The van der Waals surface area contributed by atoms with Crippen molar-refractivity contribution >= 4 is 34.7 Å². The van der Waals surface area contributed by atoms with Gasteiger partial charge in [-0.15, -0.1) is 0 Å². The first kappa shape index (κ1) is 16.1. The molecule has 0 aromatic heterocycles. The van der Waals surface area contributed by atoms with Crippen LogP contribution in [0.4, 0.5) is 0 Å². The zero-order valence-corrected chi connectivity index (χ0v) is 13.5. The molecule has 1 rings (SSSR count). The van der Waals surface area contributed by atoms with E-state index in [1.807, 2.05) is 24.3 Å². The Labute approximate surface area is 129 Å². The number of nitrogens with one attached hydrogen (secondary N) is 1. The Morgan fingerprint density at radius 2 is 1.89 bits per heavy atom. The van der Waals surface area contributed by atoms with Crippen molar-refractivity contribution in [3.63, 3.8) is 0 Å². The first-order valence-electron chi connectivity index (χ1n) is 6.80. The van der Waals surface area contributed by atoms with Crippen LogP contribution in [0.25, 0.3) is 0 Å². The lowest BCUT2D eigenvalue weighted by Gasteiger charge is -2.00. The molecular weight excluding hydrogens is 351 g/mol. The van der Waals surface area contributed by atoms with E-state index >= 15 is 0 Å². The Morgan fingerprint density at radius 3 is 2.58 bits per heavy atom. The lowest BCUT2D eigenvalue weighted by Crippen LogP contribution is -2.16. The summed E-state index contributed by atoms with van der Waals surface area (Å²) in [6.45, 7) is 2.19. The number of unbranched alkanes of at least 4 members (excludes halogenated alkanes) is 4. The average Bonchev–Trinajstić information content (AvgIpc) is 2.41. The lowest BCUT2D eigenvalue weighted by atomic mass is 10.1. The van der Waals surface area contributed by atoms with Crippen molar-refractivity contribution in [3.05, 3.63) is 33.4 Å². The third kappa shape index (κ3) is 7.97. The number of rotatable bonds is 8. The summed E-state index contributed by atoms with van der Waals surface area (Å²) in [6.07, 6.45) is 8.01. The fourth-order valence-electron chi connectivity index (χ4n) is 1.67. The Kier molecular flexibility index (Phi) is 8.45. The molecule has 1 aromatic rings. The fourth-order valence-corrected chi connectivity index (χ4v) is 2.03. The van der Waals surface area contributed by atoms with Crippen LogP contribution in [-0.4, -0.2) is 12.1 Å². The van der Waals surface area contributed by atoms with E-state index in [9.17, 15) is 4.79 Å². The van der Waals surface area contributed by atoms with Gasteiger partial charge in [0, 0.05) is 9.99 Å². The molecule has 0 aliphatic carbocycles. The molecule has 19 heavy (non-hydrogen) atoms. The van der Waals surface area contributed by atoms with Gasteiger partial charge in [-0.2, -0.15) is 5.10 Å². The summed E-state index contributed by atoms with van der Waals surface area (Å²) in [6, 6.07) is 7.97. The van der Waals surface area contributed by atoms with Crippen LogP contribution in [-0.2, 0) is 4.79 Å². The SMILES string of the molecule is CCCCCCCC(=O)N/N=C\c1ccc(I)cc1. The number of halogens is 1. The first-order chi connectivity index (χ1) is 9.22. The molecule has 3 nitrogen and oxygen atoms in total. The van der Waals surface area contributed by atoms with E-state index in [-0.39, 0.29) is 5.91 Å². The van der Waals surface area contributed by atoms with E-state index < -0.39 is 0 Å².